The second-order valence-corrected chi connectivity index (χ2v) is 9.50. The van der Waals surface area contributed by atoms with Gasteiger partial charge in [0.1, 0.15) is 23.7 Å². The molecule has 0 aliphatic rings. The summed E-state index contributed by atoms with van der Waals surface area (Å²) in [5.41, 5.74) is -1.52. The van der Waals surface area contributed by atoms with E-state index in [1.54, 1.807) is 27.7 Å². The summed E-state index contributed by atoms with van der Waals surface area (Å²) >= 11 is 5.78. The van der Waals surface area contributed by atoms with Gasteiger partial charge in [-0.3, -0.25) is 0 Å². The van der Waals surface area contributed by atoms with Crippen molar-refractivity contribution in [1.82, 2.24) is 20.3 Å². The summed E-state index contributed by atoms with van der Waals surface area (Å²) in [5.74, 6) is 0.126. The van der Waals surface area contributed by atoms with E-state index in [1.807, 2.05) is 13.8 Å². The molecule has 10 heteroatoms. The lowest BCUT2D eigenvalue weighted by Gasteiger charge is -2.33. The van der Waals surface area contributed by atoms with Gasteiger partial charge < -0.3 is 14.8 Å². The number of hydrogen-bond acceptors (Lipinski definition) is 6. The van der Waals surface area contributed by atoms with Gasteiger partial charge in [0.25, 0.3) is 6.43 Å². The number of nitrogens with one attached hydrogen (secondary N) is 1. The summed E-state index contributed by atoms with van der Waals surface area (Å²) in [6.45, 7) is 11.0. The van der Waals surface area contributed by atoms with Crippen molar-refractivity contribution >= 4 is 17.7 Å². The maximum Gasteiger partial charge on any atom is 0.408 e. The Morgan fingerprint density at radius 3 is 2.34 bits per heavy atom. The molecular weight excluding hydrogens is 442 g/mol. The topological polar surface area (TPSA) is 86.2 Å². The Bertz CT molecular complexity index is 938. The number of aromatic nitrogens is 3. The van der Waals surface area contributed by atoms with Crippen molar-refractivity contribution in [2.75, 3.05) is 6.61 Å². The number of alkyl carbamates (subject to hydrolysis) is 1. The van der Waals surface area contributed by atoms with Crippen LogP contribution in [0.25, 0.3) is 11.4 Å². The van der Waals surface area contributed by atoms with E-state index in [2.05, 4.69) is 20.3 Å². The van der Waals surface area contributed by atoms with Crippen molar-refractivity contribution in [3.05, 3.63) is 35.4 Å². The van der Waals surface area contributed by atoms with Crippen molar-refractivity contribution in [3.8, 4) is 17.1 Å². The molecule has 176 valence electrons. The second-order valence-electron chi connectivity index (χ2n) is 9.17. The molecule has 0 aromatic carbocycles. The molecule has 2 aromatic heterocycles. The first-order valence-corrected chi connectivity index (χ1v) is 10.6. The summed E-state index contributed by atoms with van der Waals surface area (Å²) in [5, 5.41) is 2.80. The van der Waals surface area contributed by atoms with Gasteiger partial charge in [-0.25, -0.2) is 28.5 Å². The molecule has 0 saturated heterocycles. The first-order chi connectivity index (χ1) is 14.8. The quantitative estimate of drug-likeness (QED) is 0.488. The molecule has 2 aromatic rings. The lowest BCUT2D eigenvalue weighted by Crippen LogP contribution is -2.52. The van der Waals surface area contributed by atoms with E-state index in [9.17, 15) is 13.6 Å². The highest BCUT2D eigenvalue weighted by atomic mass is 35.5. The van der Waals surface area contributed by atoms with Gasteiger partial charge in [-0.2, -0.15) is 0 Å². The SMILES string of the molecule is CC(C)C[C@@](C)(COc1ccc(-c2ccnc(Cl)n2)nc1C(F)F)NC(=O)OC(C)(C)C. The highest BCUT2D eigenvalue weighted by Crippen LogP contribution is 2.31. The number of alkyl halides is 2. The molecule has 0 radical (unpaired) electrons. The van der Waals surface area contributed by atoms with Crippen LogP contribution in [0.2, 0.25) is 5.28 Å². The summed E-state index contributed by atoms with van der Waals surface area (Å²) in [6, 6.07) is 4.44. The zero-order valence-corrected chi connectivity index (χ0v) is 19.8. The average Bonchev–Trinajstić information content (AvgIpc) is 2.63. The Morgan fingerprint density at radius 1 is 1.12 bits per heavy atom. The molecule has 1 amide bonds. The Hall–Kier alpha value is -2.55. The summed E-state index contributed by atoms with van der Waals surface area (Å²) in [4.78, 5) is 24.1. The highest BCUT2D eigenvalue weighted by molar-refractivity contribution is 6.28. The highest BCUT2D eigenvalue weighted by Gasteiger charge is 2.32. The fraction of sp³-hybridized carbons (Fsp3) is 0.545. The van der Waals surface area contributed by atoms with Gasteiger partial charge in [-0.15, -0.1) is 0 Å². The van der Waals surface area contributed by atoms with Crippen molar-refractivity contribution in [2.45, 2.75) is 65.5 Å². The number of ether oxygens (including phenoxy) is 2. The fourth-order valence-corrected chi connectivity index (χ4v) is 3.34. The maximum absolute atomic E-state index is 13.7. The van der Waals surface area contributed by atoms with Crippen LogP contribution in [-0.2, 0) is 4.74 Å². The monoisotopic (exact) mass is 470 g/mol. The van der Waals surface area contributed by atoms with Crippen molar-refractivity contribution in [3.63, 3.8) is 0 Å². The largest absolute Gasteiger partial charge is 0.489 e. The fourth-order valence-electron chi connectivity index (χ4n) is 3.19. The molecule has 0 aliphatic heterocycles. The van der Waals surface area contributed by atoms with Gasteiger partial charge in [0, 0.05) is 6.20 Å². The number of nitrogens with zero attached hydrogens (tertiary/aromatic N) is 3. The third-order valence-electron chi connectivity index (χ3n) is 4.19. The van der Waals surface area contributed by atoms with Crippen molar-refractivity contribution in [1.29, 1.82) is 0 Å². The van der Waals surface area contributed by atoms with E-state index in [1.165, 1.54) is 24.4 Å². The standard InChI is InChI=1S/C22H29ClF2N4O3/c1-13(2)11-22(6,29-20(30)32-21(3,4)5)12-31-16-8-7-14(27-17(16)18(24)25)15-9-10-26-19(23)28-15/h7-10,13,18H,11-12H2,1-6H3,(H,29,30)/t22-/m0/s1. The molecule has 0 bridgehead atoms. The molecule has 0 aliphatic carbocycles. The first kappa shape index (κ1) is 25.7. The summed E-state index contributed by atoms with van der Waals surface area (Å²) < 4.78 is 38.6. The van der Waals surface area contributed by atoms with Crippen LogP contribution >= 0.6 is 11.6 Å². The maximum atomic E-state index is 13.7. The minimum absolute atomic E-state index is 0.0131. The zero-order chi connectivity index (χ0) is 24.1. The number of hydrogen-bond donors (Lipinski definition) is 1. The van der Waals surface area contributed by atoms with Crippen LogP contribution in [0.15, 0.2) is 24.4 Å². The third-order valence-corrected chi connectivity index (χ3v) is 4.37. The zero-order valence-electron chi connectivity index (χ0n) is 19.1. The Morgan fingerprint density at radius 2 is 1.78 bits per heavy atom. The molecule has 2 heterocycles. The third kappa shape index (κ3) is 7.85. The minimum Gasteiger partial charge on any atom is -0.489 e. The van der Waals surface area contributed by atoms with E-state index in [0.29, 0.717) is 12.1 Å². The normalized spacial score (nSPS) is 13.7. The molecule has 2 rings (SSSR count). The van der Waals surface area contributed by atoms with Crippen LogP contribution in [0.3, 0.4) is 0 Å². The van der Waals surface area contributed by atoms with E-state index in [0.717, 1.165) is 0 Å². The van der Waals surface area contributed by atoms with Gasteiger partial charge in [0.15, 0.2) is 0 Å². The van der Waals surface area contributed by atoms with Gasteiger partial charge in [-0.1, -0.05) is 13.8 Å². The lowest BCUT2D eigenvalue weighted by atomic mass is 9.91. The van der Waals surface area contributed by atoms with Gasteiger partial charge in [-0.05, 0) is 69.8 Å². The number of pyridine rings is 1. The smallest absolute Gasteiger partial charge is 0.408 e. The van der Waals surface area contributed by atoms with E-state index >= 15 is 0 Å². The minimum atomic E-state index is -2.88. The average molecular weight is 471 g/mol. The van der Waals surface area contributed by atoms with Crippen molar-refractivity contribution < 1.29 is 23.0 Å². The molecule has 0 unspecified atom stereocenters. The van der Waals surface area contributed by atoms with Gasteiger partial charge in [0.05, 0.1) is 16.9 Å². The Kier molecular flexibility index (Phi) is 8.34. The van der Waals surface area contributed by atoms with Crippen LogP contribution < -0.4 is 10.1 Å². The number of rotatable bonds is 8. The molecule has 1 atom stereocenters. The molecule has 1 N–H and O–H groups in total. The molecule has 32 heavy (non-hydrogen) atoms. The molecule has 0 fully saturated rings. The second kappa shape index (κ2) is 10.4. The number of amides is 1. The van der Waals surface area contributed by atoms with Crippen LogP contribution in [0, 0.1) is 5.92 Å². The molecule has 0 spiro atoms. The summed E-state index contributed by atoms with van der Waals surface area (Å²) in [7, 11) is 0. The van der Waals surface area contributed by atoms with Crippen LogP contribution in [0.5, 0.6) is 5.75 Å². The van der Waals surface area contributed by atoms with E-state index in [-0.39, 0.29) is 29.3 Å². The van der Waals surface area contributed by atoms with E-state index < -0.39 is 29.4 Å². The molecule has 7 nitrogen and oxygen atoms in total. The first-order valence-electron chi connectivity index (χ1n) is 10.2. The predicted molar refractivity (Wildman–Crippen MR) is 118 cm³/mol. The molecule has 0 saturated carbocycles. The van der Waals surface area contributed by atoms with Crippen molar-refractivity contribution in [2.24, 2.45) is 5.92 Å². The van der Waals surface area contributed by atoms with Crippen LogP contribution in [0.1, 0.15) is 60.1 Å². The summed E-state index contributed by atoms with van der Waals surface area (Å²) in [6.07, 6.45) is -1.52. The van der Waals surface area contributed by atoms with Gasteiger partial charge in [0.2, 0.25) is 5.28 Å². The van der Waals surface area contributed by atoms with Gasteiger partial charge >= 0.3 is 6.09 Å². The number of carbonyl (C=O) groups is 1. The Labute approximate surface area is 191 Å². The van der Waals surface area contributed by atoms with Crippen LogP contribution in [-0.4, -0.2) is 38.8 Å². The number of carbonyl (C=O) groups excluding carboxylic acids is 1. The molecular formula is C22H29ClF2N4O3. The van der Waals surface area contributed by atoms with E-state index in [4.69, 9.17) is 21.1 Å². The Balaban J connectivity index is 2.25. The number of halogens is 3. The lowest BCUT2D eigenvalue weighted by molar-refractivity contribution is 0.0404. The van der Waals surface area contributed by atoms with Crippen LogP contribution in [0.4, 0.5) is 13.6 Å². The predicted octanol–water partition coefficient (Wildman–Crippen LogP) is 5.84.